The maximum Gasteiger partial charge on any atom is 0.264 e. The van der Waals surface area contributed by atoms with Crippen LogP contribution in [0.4, 0.5) is 0 Å². The Balaban J connectivity index is 1.69. The highest BCUT2D eigenvalue weighted by atomic mass is 32.2. The van der Waals surface area contributed by atoms with Gasteiger partial charge < -0.3 is 23.4 Å². The minimum absolute atomic E-state index is 0.0147. The molecule has 2 heterocycles. The maximum atomic E-state index is 12.2. The van der Waals surface area contributed by atoms with E-state index in [0.29, 0.717) is 0 Å². The van der Waals surface area contributed by atoms with Gasteiger partial charge in [0.15, 0.2) is 20.9 Å². The van der Waals surface area contributed by atoms with Gasteiger partial charge in [-0.1, -0.05) is 81.4 Å². The predicted octanol–water partition coefficient (Wildman–Crippen LogP) is 4.95. The molecule has 8 nitrogen and oxygen atoms in total. The second-order valence-corrected chi connectivity index (χ2v) is 17.5. The number of rotatable bonds is 7. The van der Waals surface area contributed by atoms with Crippen molar-refractivity contribution in [2.45, 2.75) is 75.9 Å². The van der Waals surface area contributed by atoms with E-state index in [1.54, 1.807) is 0 Å². The summed E-state index contributed by atoms with van der Waals surface area (Å²) in [5, 5.41) is -0.0560. The normalized spacial score (nSPS) is 29.7. The lowest BCUT2D eigenvalue weighted by atomic mass is 10.0. The van der Waals surface area contributed by atoms with E-state index in [0.717, 1.165) is 17.4 Å². The molecule has 4 rings (SSSR count). The van der Waals surface area contributed by atoms with Crippen molar-refractivity contribution in [3.8, 4) is 0 Å². The van der Waals surface area contributed by atoms with Crippen molar-refractivity contribution in [2.75, 3.05) is 19.5 Å². The van der Waals surface area contributed by atoms with Crippen LogP contribution in [0, 0.1) is 0 Å². The van der Waals surface area contributed by atoms with Crippen LogP contribution in [0.15, 0.2) is 60.7 Å². The van der Waals surface area contributed by atoms with Crippen LogP contribution in [-0.2, 0) is 37.7 Å². The smallest absolute Gasteiger partial charge is 0.264 e. The average molecular weight is 551 g/mol. The molecular weight excluding hydrogens is 512 g/mol. The predicted molar refractivity (Wildman–Crippen MR) is 142 cm³/mol. The standard InChI is InChI=1S/C27H38O8SSi/c1-27(2,3)37(5,6)35-22-18-31-26(20-15-11-8-12-16-20)33-24(22)23-21(34-36(4,28)29)17-30-25(32-23)19-13-9-7-10-14-19/h7-16,21-26H,17-18H2,1-6H3/t21-,22-,23-,24-,25?,26?/m1/s1. The Morgan fingerprint density at radius 3 is 1.65 bits per heavy atom. The molecule has 0 radical (unpaired) electrons. The molecule has 0 spiro atoms. The first-order valence-electron chi connectivity index (χ1n) is 12.5. The molecule has 0 N–H and O–H groups in total. The highest BCUT2D eigenvalue weighted by Crippen LogP contribution is 2.41. The lowest BCUT2D eigenvalue weighted by Crippen LogP contribution is -2.60. The maximum absolute atomic E-state index is 12.2. The molecule has 2 unspecified atom stereocenters. The summed E-state index contributed by atoms with van der Waals surface area (Å²) in [5.41, 5.74) is 1.67. The molecule has 2 aliphatic heterocycles. The topological polar surface area (TPSA) is 89.5 Å². The van der Waals surface area contributed by atoms with Crippen LogP contribution in [0.3, 0.4) is 0 Å². The van der Waals surface area contributed by atoms with Crippen molar-refractivity contribution in [3.05, 3.63) is 71.8 Å². The van der Waals surface area contributed by atoms with Gasteiger partial charge in [-0.2, -0.15) is 8.42 Å². The van der Waals surface area contributed by atoms with E-state index in [9.17, 15) is 8.42 Å². The van der Waals surface area contributed by atoms with Gasteiger partial charge in [0.2, 0.25) is 0 Å². The molecule has 0 amide bonds. The van der Waals surface area contributed by atoms with Crippen LogP contribution in [-0.4, -0.2) is 60.6 Å². The summed E-state index contributed by atoms with van der Waals surface area (Å²) in [6.45, 7) is 11.1. The van der Waals surface area contributed by atoms with Crippen LogP contribution < -0.4 is 0 Å². The summed E-state index contributed by atoms with van der Waals surface area (Å²) < 4.78 is 61.6. The minimum atomic E-state index is -3.80. The Bertz CT molecular complexity index is 1120. The monoisotopic (exact) mass is 550 g/mol. The average Bonchev–Trinajstić information content (AvgIpc) is 2.84. The van der Waals surface area contributed by atoms with Gasteiger partial charge in [0, 0.05) is 11.1 Å². The molecule has 10 heteroatoms. The molecular formula is C27H38O8SSi. The number of benzene rings is 2. The van der Waals surface area contributed by atoms with Gasteiger partial charge in [-0.15, -0.1) is 0 Å². The summed E-state index contributed by atoms with van der Waals surface area (Å²) in [6, 6.07) is 19.1. The number of ether oxygens (including phenoxy) is 4. The van der Waals surface area contributed by atoms with Crippen LogP contribution in [0.5, 0.6) is 0 Å². The third kappa shape index (κ3) is 7.07. The largest absolute Gasteiger partial charge is 0.409 e. The van der Waals surface area contributed by atoms with Gasteiger partial charge in [0.05, 0.1) is 25.6 Å². The Kier molecular flexibility index (Phi) is 8.61. The Hall–Kier alpha value is -1.63. The molecule has 0 bridgehead atoms. The van der Waals surface area contributed by atoms with Crippen molar-refractivity contribution < 1.29 is 36.0 Å². The molecule has 2 aromatic rings. The van der Waals surface area contributed by atoms with Crippen LogP contribution >= 0.6 is 0 Å². The second-order valence-electron chi connectivity index (χ2n) is 11.1. The van der Waals surface area contributed by atoms with E-state index in [2.05, 4.69) is 33.9 Å². The van der Waals surface area contributed by atoms with Crippen molar-refractivity contribution in [1.82, 2.24) is 0 Å². The quantitative estimate of drug-likeness (QED) is 0.353. The van der Waals surface area contributed by atoms with E-state index >= 15 is 0 Å². The lowest BCUT2D eigenvalue weighted by molar-refractivity contribution is -0.327. The SMILES string of the molecule is CC(C)(C)[Si](C)(C)O[C@@H]1COC(c2ccccc2)O[C@H]1[C@@H]1OC(c2ccccc2)OC[C@H]1OS(C)(=O)=O. The number of hydrogen-bond donors (Lipinski definition) is 0. The summed E-state index contributed by atoms with van der Waals surface area (Å²) in [4.78, 5) is 0. The van der Waals surface area contributed by atoms with E-state index in [4.69, 9.17) is 27.6 Å². The Morgan fingerprint density at radius 1 is 0.784 bits per heavy atom. The van der Waals surface area contributed by atoms with E-state index in [1.807, 2.05) is 60.7 Å². The van der Waals surface area contributed by atoms with Gasteiger partial charge in [-0.3, -0.25) is 4.18 Å². The van der Waals surface area contributed by atoms with Crippen molar-refractivity contribution in [1.29, 1.82) is 0 Å². The zero-order valence-corrected chi connectivity index (χ0v) is 24.1. The first-order valence-corrected chi connectivity index (χ1v) is 17.3. The van der Waals surface area contributed by atoms with Gasteiger partial charge >= 0.3 is 0 Å². The van der Waals surface area contributed by atoms with Crippen LogP contribution in [0.1, 0.15) is 44.5 Å². The molecule has 2 fully saturated rings. The molecule has 0 aliphatic carbocycles. The summed E-state index contributed by atoms with van der Waals surface area (Å²) in [7, 11) is -6.05. The summed E-state index contributed by atoms with van der Waals surface area (Å²) in [5.74, 6) is 0. The highest BCUT2D eigenvalue weighted by molar-refractivity contribution is 7.86. The first-order chi connectivity index (χ1) is 17.3. The van der Waals surface area contributed by atoms with E-state index < -0.39 is 55.4 Å². The molecule has 37 heavy (non-hydrogen) atoms. The van der Waals surface area contributed by atoms with Gasteiger partial charge in [-0.25, -0.2) is 0 Å². The molecule has 6 atom stereocenters. The molecule has 204 valence electrons. The zero-order chi connectivity index (χ0) is 26.8. The third-order valence-corrected chi connectivity index (χ3v) is 12.2. The lowest BCUT2D eigenvalue weighted by Gasteiger charge is -2.48. The minimum Gasteiger partial charge on any atom is -0.409 e. The highest BCUT2D eigenvalue weighted by Gasteiger charge is 2.50. The third-order valence-electron chi connectivity index (χ3n) is 7.14. The summed E-state index contributed by atoms with van der Waals surface area (Å²) in [6.07, 6.45) is -3.22. The van der Waals surface area contributed by atoms with Gasteiger partial charge in [0.1, 0.15) is 18.3 Å². The van der Waals surface area contributed by atoms with Crippen molar-refractivity contribution in [3.63, 3.8) is 0 Å². The second kappa shape index (κ2) is 11.2. The fraction of sp³-hybridized carbons (Fsp3) is 0.556. The van der Waals surface area contributed by atoms with E-state index in [-0.39, 0.29) is 18.3 Å². The Morgan fingerprint density at radius 2 is 1.22 bits per heavy atom. The van der Waals surface area contributed by atoms with E-state index in [1.165, 1.54) is 0 Å². The molecule has 0 saturated carbocycles. The molecule has 0 aromatic heterocycles. The molecule has 2 saturated heterocycles. The molecule has 2 aliphatic rings. The van der Waals surface area contributed by atoms with Gasteiger partial charge in [-0.05, 0) is 18.1 Å². The van der Waals surface area contributed by atoms with Crippen LogP contribution in [0.25, 0.3) is 0 Å². The van der Waals surface area contributed by atoms with Gasteiger partial charge in [0.25, 0.3) is 10.1 Å². The fourth-order valence-electron chi connectivity index (χ4n) is 4.20. The number of hydrogen-bond acceptors (Lipinski definition) is 8. The summed E-state index contributed by atoms with van der Waals surface area (Å²) >= 11 is 0. The Labute approximate surface area is 221 Å². The fourth-order valence-corrected chi connectivity index (χ4v) is 6.13. The molecule has 2 aromatic carbocycles. The van der Waals surface area contributed by atoms with Crippen molar-refractivity contribution in [2.24, 2.45) is 0 Å². The zero-order valence-electron chi connectivity index (χ0n) is 22.3. The first kappa shape index (κ1) is 28.4. The van der Waals surface area contributed by atoms with Crippen molar-refractivity contribution >= 4 is 18.4 Å². The van der Waals surface area contributed by atoms with Crippen LogP contribution in [0.2, 0.25) is 18.1 Å².